The van der Waals surface area contributed by atoms with Crippen molar-refractivity contribution in [3.63, 3.8) is 0 Å². The van der Waals surface area contributed by atoms with Crippen LogP contribution >= 0.6 is 0 Å². The first kappa shape index (κ1) is 20.8. The Balaban J connectivity index is 1.98. The molecule has 146 valence electrons. The van der Waals surface area contributed by atoms with Gasteiger partial charge in [-0.05, 0) is 30.0 Å². The number of carbonyl (C=O) groups is 2. The Morgan fingerprint density at radius 1 is 1.33 bits per heavy atom. The van der Waals surface area contributed by atoms with Crippen LogP contribution in [0.25, 0.3) is 0 Å². The number of carbonyl (C=O) groups excluding carboxylic acids is 2. The lowest BCUT2D eigenvalue weighted by atomic mass is 10.1. The molecule has 0 N–H and O–H groups in total. The molecule has 1 atom stereocenters. The van der Waals surface area contributed by atoms with Gasteiger partial charge in [0.15, 0.2) is 0 Å². The van der Waals surface area contributed by atoms with Crippen LogP contribution in [0.4, 0.5) is 0 Å². The van der Waals surface area contributed by atoms with E-state index in [1.54, 1.807) is 16.9 Å². The molecule has 0 spiro atoms. The van der Waals surface area contributed by atoms with Gasteiger partial charge in [-0.25, -0.2) is 0 Å². The third-order valence-corrected chi connectivity index (χ3v) is 4.88. The van der Waals surface area contributed by atoms with E-state index >= 15 is 0 Å². The Labute approximate surface area is 161 Å². The summed E-state index contributed by atoms with van der Waals surface area (Å²) in [7, 11) is 1.62. The number of benzene rings is 1. The Morgan fingerprint density at radius 3 is 2.63 bits per heavy atom. The topological polar surface area (TPSA) is 73.6 Å². The number of amides is 2. The Bertz CT molecular complexity index is 679. The van der Waals surface area contributed by atoms with E-state index in [1.807, 2.05) is 24.3 Å². The van der Waals surface area contributed by atoms with Gasteiger partial charge in [-0.3, -0.25) is 9.59 Å². The van der Waals surface area contributed by atoms with Gasteiger partial charge in [0, 0.05) is 32.6 Å². The number of rotatable bonds is 9. The minimum atomic E-state index is -0.318. The Kier molecular flexibility index (Phi) is 7.66. The fourth-order valence-electron chi connectivity index (χ4n) is 3.23. The van der Waals surface area contributed by atoms with Crippen LogP contribution in [0.1, 0.15) is 38.7 Å². The van der Waals surface area contributed by atoms with Crippen LogP contribution in [0, 0.1) is 23.2 Å². The number of likely N-dealkylation sites (tertiary alicyclic amines) is 1. The van der Waals surface area contributed by atoms with Crippen molar-refractivity contribution in [2.45, 2.75) is 39.7 Å². The smallest absolute Gasteiger partial charge is 0.228 e. The Hall–Kier alpha value is -2.55. The molecule has 27 heavy (non-hydrogen) atoms. The van der Waals surface area contributed by atoms with E-state index in [4.69, 9.17) is 10.00 Å². The second kappa shape index (κ2) is 9.96. The molecule has 0 saturated carbocycles. The summed E-state index contributed by atoms with van der Waals surface area (Å²) in [5.74, 6) is 0.948. The summed E-state index contributed by atoms with van der Waals surface area (Å²) >= 11 is 0. The average Bonchev–Trinajstić information content (AvgIpc) is 3.02. The SMILES string of the molecule is COc1ccc(CN2CC(C(=O)N(CCC#N)CCC(C)C)CC2=O)cc1. The molecular formula is C21H29N3O3. The standard InChI is InChI=1S/C21H29N3O3/c1-16(2)9-12-23(11-4-10-22)21(26)18-13-20(25)24(15-18)14-17-5-7-19(27-3)8-6-17/h5-8,16,18H,4,9,11-15H2,1-3H3. The van der Waals surface area contributed by atoms with Crippen LogP contribution in [0.3, 0.4) is 0 Å². The van der Waals surface area contributed by atoms with Gasteiger partial charge in [0.1, 0.15) is 5.75 Å². The van der Waals surface area contributed by atoms with E-state index in [1.165, 1.54) is 0 Å². The minimum absolute atomic E-state index is 0.00326. The van der Waals surface area contributed by atoms with E-state index in [0.29, 0.717) is 38.5 Å². The van der Waals surface area contributed by atoms with E-state index in [-0.39, 0.29) is 24.2 Å². The maximum atomic E-state index is 12.9. The molecule has 1 unspecified atom stereocenters. The van der Waals surface area contributed by atoms with Gasteiger partial charge in [0.2, 0.25) is 11.8 Å². The van der Waals surface area contributed by atoms with Crippen LogP contribution < -0.4 is 4.74 Å². The lowest BCUT2D eigenvalue weighted by Crippen LogP contribution is -2.39. The summed E-state index contributed by atoms with van der Waals surface area (Å²) in [5.41, 5.74) is 1.01. The van der Waals surface area contributed by atoms with E-state index in [9.17, 15) is 9.59 Å². The summed E-state index contributed by atoms with van der Waals surface area (Å²) in [4.78, 5) is 28.8. The zero-order valence-corrected chi connectivity index (χ0v) is 16.5. The number of nitrogens with zero attached hydrogens (tertiary/aromatic N) is 3. The van der Waals surface area contributed by atoms with Crippen LogP contribution in [-0.4, -0.2) is 48.4 Å². The zero-order valence-electron chi connectivity index (χ0n) is 16.5. The maximum absolute atomic E-state index is 12.9. The van der Waals surface area contributed by atoms with Crippen molar-refractivity contribution < 1.29 is 14.3 Å². The molecule has 1 saturated heterocycles. The van der Waals surface area contributed by atoms with Gasteiger partial charge in [-0.1, -0.05) is 26.0 Å². The van der Waals surface area contributed by atoms with Gasteiger partial charge in [0.05, 0.1) is 25.5 Å². The van der Waals surface area contributed by atoms with Crippen LogP contribution in [0.2, 0.25) is 0 Å². The molecule has 1 heterocycles. The first-order valence-corrected chi connectivity index (χ1v) is 9.51. The predicted octanol–water partition coefficient (Wildman–Crippen LogP) is 2.83. The predicted molar refractivity (Wildman–Crippen MR) is 103 cm³/mol. The lowest BCUT2D eigenvalue weighted by molar-refractivity contribution is -0.136. The molecule has 0 aromatic heterocycles. The van der Waals surface area contributed by atoms with Gasteiger partial charge in [-0.2, -0.15) is 5.26 Å². The summed E-state index contributed by atoms with van der Waals surface area (Å²) < 4.78 is 5.15. The van der Waals surface area contributed by atoms with Gasteiger partial charge < -0.3 is 14.5 Å². The number of hydrogen-bond donors (Lipinski definition) is 0. The molecule has 1 fully saturated rings. The van der Waals surface area contributed by atoms with E-state index in [2.05, 4.69) is 19.9 Å². The van der Waals surface area contributed by atoms with Crippen molar-refractivity contribution in [1.82, 2.24) is 9.80 Å². The highest BCUT2D eigenvalue weighted by atomic mass is 16.5. The highest BCUT2D eigenvalue weighted by molar-refractivity contribution is 5.89. The van der Waals surface area contributed by atoms with Gasteiger partial charge in [-0.15, -0.1) is 0 Å². The van der Waals surface area contributed by atoms with Crippen molar-refractivity contribution in [3.8, 4) is 11.8 Å². The molecule has 6 nitrogen and oxygen atoms in total. The quantitative estimate of drug-likeness (QED) is 0.669. The van der Waals surface area contributed by atoms with Crippen LogP contribution in [0.15, 0.2) is 24.3 Å². The van der Waals surface area contributed by atoms with Crippen molar-refractivity contribution in [3.05, 3.63) is 29.8 Å². The maximum Gasteiger partial charge on any atom is 0.228 e. The van der Waals surface area contributed by atoms with Crippen LogP contribution in [-0.2, 0) is 16.1 Å². The molecule has 1 aromatic carbocycles. The normalized spacial score (nSPS) is 16.5. The summed E-state index contributed by atoms with van der Waals surface area (Å²) in [5, 5.41) is 8.87. The third kappa shape index (κ3) is 5.99. The largest absolute Gasteiger partial charge is 0.497 e. The number of ether oxygens (including phenoxy) is 1. The first-order chi connectivity index (χ1) is 12.9. The summed E-state index contributed by atoms with van der Waals surface area (Å²) in [6.07, 6.45) is 1.47. The molecule has 1 aliphatic rings. The summed E-state index contributed by atoms with van der Waals surface area (Å²) in [6.45, 7) is 6.24. The lowest BCUT2D eigenvalue weighted by Gasteiger charge is -2.25. The third-order valence-electron chi connectivity index (χ3n) is 4.88. The molecule has 0 bridgehead atoms. The minimum Gasteiger partial charge on any atom is -0.497 e. The van der Waals surface area contributed by atoms with Crippen molar-refractivity contribution in [2.24, 2.45) is 11.8 Å². The Morgan fingerprint density at radius 2 is 2.04 bits per heavy atom. The number of nitriles is 1. The molecule has 1 aromatic rings. The molecule has 6 heteroatoms. The van der Waals surface area contributed by atoms with Crippen molar-refractivity contribution >= 4 is 11.8 Å². The monoisotopic (exact) mass is 371 g/mol. The highest BCUT2D eigenvalue weighted by Crippen LogP contribution is 2.23. The molecule has 2 amide bonds. The van der Waals surface area contributed by atoms with E-state index in [0.717, 1.165) is 17.7 Å². The van der Waals surface area contributed by atoms with E-state index < -0.39 is 0 Å². The van der Waals surface area contributed by atoms with Crippen molar-refractivity contribution in [2.75, 3.05) is 26.7 Å². The molecule has 1 aliphatic heterocycles. The highest BCUT2D eigenvalue weighted by Gasteiger charge is 2.36. The number of methoxy groups -OCH3 is 1. The average molecular weight is 371 g/mol. The number of hydrogen-bond acceptors (Lipinski definition) is 4. The van der Waals surface area contributed by atoms with Gasteiger partial charge in [0.25, 0.3) is 0 Å². The molecule has 0 aliphatic carbocycles. The fraction of sp³-hybridized carbons (Fsp3) is 0.571. The zero-order chi connectivity index (χ0) is 19.8. The molecular weight excluding hydrogens is 342 g/mol. The fourth-order valence-corrected chi connectivity index (χ4v) is 3.23. The summed E-state index contributed by atoms with van der Waals surface area (Å²) in [6, 6.07) is 9.71. The van der Waals surface area contributed by atoms with Crippen molar-refractivity contribution in [1.29, 1.82) is 5.26 Å². The first-order valence-electron chi connectivity index (χ1n) is 9.51. The second-order valence-electron chi connectivity index (χ2n) is 7.44. The molecule has 2 rings (SSSR count). The molecule has 0 radical (unpaired) electrons. The van der Waals surface area contributed by atoms with Gasteiger partial charge >= 0.3 is 0 Å². The van der Waals surface area contributed by atoms with Crippen LogP contribution in [0.5, 0.6) is 5.75 Å². The second-order valence-corrected chi connectivity index (χ2v) is 7.44.